The van der Waals surface area contributed by atoms with Gasteiger partial charge in [-0.15, -0.1) is 0 Å². The first kappa shape index (κ1) is 17.8. The van der Waals surface area contributed by atoms with Gasteiger partial charge in [-0.05, 0) is 41.2 Å². The van der Waals surface area contributed by atoms with Crippen LogP contribution in [0.3, 0.4) is 0 Å². The van der Waals surface area contributed by atoms with Crippen LogP contribution >= 0.6 is 0 Å². The quantitative estimate of drug-likeness (QED) is 0.389. The summed E-state index contributed by atoms with van der Waals surface area (Å²) < 4.78 is 10.1. The molecule has 0 N–H and O–H groups in total. The number of benzene rings is 2. The van der Waals surface area contributed by atoms with E-state index >= 15 is 0 Å². The first-order valence-electron chi connectivity index (χ1n) is 8.23. The van der Waals surface area contributed by atoms with Gasteiger partial charge in [0.1, 0.15) is 5.75 Å². The van der Waals surface area contributed by atoms with E-state index in [1.807, 2.05) is 24.3 Å². The fraction of sp³-hybridized carbons (Fsp3) is 0.286. The maximum atomic E-state index is 10.9. The Morgan fingerprint density at radius 2 is 1.67 bits per heavy atom. The van der Waals surface area contributed by atoms with Crippen molar-refractivity contribution in [1.29, 1.82) is 0 Å². The van der Waals surface area contributed by atoms with Crippen LogP contribution in [0.2, 0.25) is 0 Å². The second kappa shape index (κ2) is 8.92. The molecule has 0 aliphatic rings. The van der Waals surface area contributed by atoms with Crippen molar-refractivity contribution in [2.24, 2.45) is 5.92 Å². The van der Waals surface area contributed by atoms with Crippen molar-refractivity contribution in [2.75, 3.05) is 6.79 Å². The molecule has 2 aromatic carbocycles. The Hall–Kier alpha value is -2.55. The normalized spacial score (nSPS) is 11.6. The van der Waals surface area contributed by atoms with E-state index in [-0.39, 0.29) is 6.79 Å². The summed E-state index contributed by atoms with van der Waals surface area (Å²) in [6.07, 6.45) is 3.43. The Kier molecular flexibility index (Phi) is 6.62. The zero-order valence-corrected chi connectivity index (χ0v) is 14.3. The summed E-state index contributed by atoms with van der Waals surface area (Å²) in [5.74, 6) is 0.871. The predicted molar refractivity (Wildman–Crippen MR) is 96.8 cm³/mol. The van der Waals surface area contributed by atoms with E-state index in [0.717, 1.165) is 18.1 Å². The number of esters is 1. The molecule has 0 fully saturated rings. The monoisotopic (exact) mass is 324 g/mol. The van der Waals surface area contributed by atoms with Crippen molar-refractivity contribution >= 4 is 5.97 Å². The van der Waals surface area contributed by atoms with E-state index in [0.29, 0.717) is 11.7 Å². The first-order chi connectivity index (χ1) is 11.6. The van der Waals surface area contributed by atoms with Crippen molar-refractivity contribution in [3.8, 4) is 16.9 Å². The standard InChI is InChI=1S/C21H24O3/c1-4-16(3)14-17-6-8-18(9-7-17)19-10-12-20(13-11-19)23-15-24-21(22)5-2/h5-13,16H,2,4,14-15H2,1,3H3/t16-/m0/s1. The maximum Gasteiger partial charge on any atom is 0.333 e. The van der Waals surface area contributed by atoms with Crippen LogP contribution in [-0.2, 0) is 16.0 Å². The number of carbonyl (C=O) groups is 1. The molecule has 24 heavy (non-hydrogen) atoms. The first-order valence-corrected chi connectivity index (χ1v) is 8.23. The number of carbonyl (C=O) groups excluding carboxylic acids is 1. The lowest BCUT2D eigenvalue weighted by Crippen LogP contribution is -2.07. The third-order valence-corrected chi connectivity index (χ3v) is 4.02. The van der Waals surface area contributed by atoms with Crippen LogP contribution < -0.4 is 4.74 Å². The van der Waals surface area contributed by atoms with Gasteiger partial charge in [0.2, 0.25) is 6.79 Å². The summed E-state index contributed by atoms with van der Waals surface area (Å²) in [6, 6.07) is 16.4. The highest BCUT2D eigenvalue weighted by Crippen LogP contribution is 2.23. The molecule has 2 rings (SSSR count). The zero-order chi connectivity index (χ0) is 17.4. The molecule has 0 unspecified atom stereocenters. The lowest BCUT2D eigenvalue weighted by molar-refractivity contribution is -0.144. The van der Waals surface area contributed by atoms with Gasteiger partial charge in [-0.2, -0.15) is 0 Å². The van der Waals surface area contributed by atoms with Gasteiger partial charge in [0.25, 0.3) is 0 Å². The van der Waals surface area contributed by atoms with E-state index in [2.05, 4.69) is 44.7 Å². The summed E-state index contributed by atoms with van der Waals surface area (Å²) in [5, 5.41) is 0. The Labute approximate surface area is 143 Å². The van der Waals surface area contributed by atoms with Gasteiger partial charge in [0.05, 0.1) is 0 Å². The molecule has 0 saturated carbocycles. The molecule has 0 heterocycles. The van der Waals surface area contributed by atoms with Gasteiger partial charge in [-0.25, -0.2) is 4.79 Å². The smallest absolute Gasteiger partial charge is 0.333 e. The van der Waals surface area contributed by atoms with Crippen molar-refractivity contribution in [2.45, 2.75) is 26.7 Å². The Bertz CT molecular complexity index is 656. The van der Waals surface area contributed by atoms with E-state index in [1.54, 1.807) is 0 Å². The van der Waals surface area contributed by atoms with E-state index in [4.69, 9.17) is 9.47 Å². The molecular formula is C21H24O3. The van der Waals surface area contributed by atoms with Crippen LogP contribution in [0.25, 0.3) is 11.1 Å². The number of rotatable bonds is 8. The molecule has 0 spiro atoms. The van der Waals surface area contributed by atoms with Gasteiger partial charge >= 0.3 is 5.97 Å². The Morgan fingerprint density at radius 3 is 2.21 bits per heavy atom. The third-order valence-electron chi connectivity index (χ3n) is 4.02. The van der Waals surface area contributed by atoms with Crippen molar-refractivity contribution in [3.05, 3.63) is 66.7 Å². The van der Waals surface area contributed by atoms with Gasteiger partial charge in [0, 0.05) is 6.08 Å². The van der Waals surface area contributed by atoms with Crippen LogP contribution in [0.1, 0.15) is 25.8 Å². The summed E-state index contributed by atoms with van der Waals surface area (Å²) in [5.41, 5.74) is 3.67. The van der Waals surface area contributed by atoms with Gasteiger partial charge in [0.15, 0.2) is 0 Å². The van der Waals surface area contributed by atoms with Crippen LogP contribution in [0.15, 0.2) is 61.2 Å². The van der Waals surface area contributed by atoms with Gasteiger partial charge in [-0.1, -0.05) is 63.2 Å². The fourth-order valence-corrected chi connectivity index (χ4v) is 2.34. The van der Waals surface area contributed by atoms with Crippen LogP contribution in [0.5, 0.6) is 5.75 Å². The van der Waals surface area contributed by atoms with Crippen LogP contribution in [0, 0.1) is 5.92 Å². The molecule has 1 atom stereocenters. The van der Waals surface area contributed by atoms with E-state index < -0.39 is 5.97 Å². The predicted octanol–water partition coefficient (Wildman–Crippen LogP) is 5.01. The largest absolute Gasteiger partial charge is 0.457 e. The minimum atomic E-state index is -0.496. The maximum absolute atomic E-state index is 10.9. The Morgan fingerprint density at radius 1 is 1.08 bits per heavy atom. The van der Waals surface area contributed by atoms with Crippen LogP contribution in [-0.4, -0.2) is 12.8 Å². The average molecular weight is 324 g/mol. The molecule has 0 aromatic heterocycles. The van der Waals surface area contributed by atoms with E-state index in [9.17, 15) is 4.79 Å². The lowest BCUT2D eigenvalue weighted by atomic mass is 9.97. The number of hydrogen-bond acceptors (Lipinski definition) is 3. The molecule has 0 radical (unpaired) electrons. The molecule has 2 aromatic rings. The second-order valence-corrected chi connectivity index (χ2v) is 5.87. The molecule has 3 heteroatoms. The topological polar surface area (TPSA) is 35.5 Å². The van der Waals surface area contributed by atoms with Crippen LogP contribution in [0.4, 0.5) is 0 Å². The van der Waals surface area contributed by atoms with Gasteiger partial charge < -0.3 is 9.47 Å². The lowest BCUT2D eigenvalue weighted by Gasteiger charge is -2.10. The summed E-state index contributed by atoms with van der Waals surface area (Å²) in [7, 11) is 0. The second-order valence-electron chi connectivity index (χ2n) is 5.87. The van der Waals surface area contributed by atoms with Gasteiger partial charge in [-0.3, -0.25) is 0 Å². The minimum absolute atomic E-state index is 0.117. The molecular weight excluding hydrogens is 300 g/mol. The summed E-state index contributed by atoms with van der Waals surface area (Å²) >= 11 is 0. The zero-order valence-electron chi connectivity index (χ0n) is 14.3. The summed E-state index contributed by atoms with van der Waals surface area (Å²) in [4.78, 5) is 10.9. The summed E-state index contributed by atoms with van der Waals surface area (Å²) in [6.45, 7) is 7.71. The molecule has 0 bridgehead atoms. The van der Waals surface area contributed by atoms with E-state index in [1.165, 1.54) is 17.5 Å². The highest BCUT2D eigenvalue weighted by molar-refractivity contribution is 5.81. The average Bonchev–Trinajstić information content (AvgIpc) is 2.62. The molecule has 3 nitrogen and oxygen atoms in total. The SMILES string of the molecule is C=CC(=O)OCOc1ccc(-c2ccc(C[C@@H](C)CC)cc2)cc1. The number of ether oxygens (including phenoxy) is 2. The Balaban J connectivity index is 1.95. The van der Waals surface area contributed by atoms with Crippen molar-refractivity contribution in [1.82, 2.24) is 0 Å². The molecule has 0 saturated heterocycles. The van der Waals surface area contributed by atoms with Crippen molar-refractivity contribution in [3.63, 3.8) is 0 Å². The molecule has 0 amide bonds. The third kappa shape index (κ3) is 5.27. The fourth-order valence-electron chi connectivity index (χ4n) is 2.34. The molecule has 0 aliphatic carbocycles. The minimum Gasteiger partial charge on any atom is -0.457 e. The molecule has 0 aliphatic heterocycles. The number of hydrogen-bond donors (Lipinski definition) is 0. The molecule has 126 valence electrons. The highest BCUT2D eigenvalue weighted by Gasteiger charge is 2.03. The highest BCUT2D eigenvalue weighted by atomic mass is 16.7. The van der Waals surface area contributed by atoms with Crippen molar-refractivity contribution < 1.29 is 14.3 Å².